The van der Waals surface area contributed by atoms with E-state index in [0.717, 1.165) is 22.2 Å². The zero-order chi connectivity index (χ0) is 22.4. The number of benzene rings is 2. The van der Waals surface area contributed by atoms with E-state index < -0.39 is 40.7 Å². The fraction of sp³-hybridized carbons (Fsp3) is 0.250. The lowest BCUT2D eigenvalue weighted by molar-refractivity contribution is -0.143. The summed E-state index contributed by atoms with van der Waals surface area (Å²) in [6.45, 7) is 6.21. The van der Waals surface area contributed by atoms with Crippen LogP contribution in [0.25, 0.3) is 10.9 Å². The van der Waals surface area contributed by atoms with Crippen LogP contribution < -0.4 is 5.43 Å². The summed E-state index contributed by atoms with van der Waals surface area (Å²) in [5.74, 6) is -9.54. The molecule has 0 bridgehead atoms. The topological polar surface area (TPSA) is 29.3 Å². The summed E-state index contributed by atoms with van der Waals surface area (Å²) in [5, 5.41) is 4.40. The molecule has 0 fully saturated rings. The normalized spacial score (nSPS) is 12.3. The highest BCUT2D eigenvalue weighted by molar-refractivity contribution is 6.01. The molecule has 30 heavy (non-hydrogen) atoms. The molecule has 2 aromatic carbocycles. The molecule has 3 rings (SSSR count). The quantitative estimate of drug-likeness (QED) is 0.223. The molecule has 0 aliphatic rings. The Kier molecular flexibility index (Phi) is 5.53. The van der Waals surface area contributed by atoms with Crippen LogP contribution in [0, 0.1) is 37.1 Å². The van der Waals surface area contributed by atoms with E-state index in [0.29, 0.717) is 12.1 Å². The first kappa shape index (κ1) is 21.7. The van der Waals surface area contributed by atoms with Gasteiger partial charge in [0.2, 0.25) is 0 Å². The van der Waals surface area contributed by atoms with Crippen LogP contribution in [0.3, 0.4) is 0 Å². The number of nitrogens with zero attached hydrogens (tertiary/aromatic N) is 2. The zero-order valence-corrected chi connectivity index (χ0v) is 16.1. The van der Waals surface area contributed by atoms with Gasteiger partial charge in [0.05, 0.1) is 6.21 Å². The van der Waals surface area contributed by atoms with Crippen molar-refractivity contribution in [3.63, 3.8) is 0 Å². The van der Waals surface area contributed by atoms with Crippen molar-refractivity contribution in [2.45, 2.75) is 33.5 Å². The summed E-state index contributed by atoms with van der Waals surface area (Å²) in [4.78, 5) is 0. The van der Waals surface area contributed by atoms with Crippen LogP contribution in [0.5, 0.6) is 0 Å². The molecule has 0 amide bonds. The van der Waals surface area contributed by atoms with Gasteiger partial charge in [0.15, 0.2) is 23.3 Å². The van der Waals surface area contributed by atoms with Gasteiger partial charge >= 0.3 is 6.18 Å². The fourth-order valence-corrected chi connectivity index (χ4v) is 3.33. The first-order valence-electron chi connectivity index (χ1n) is 8.80. The summed E-state index contributed by atoms with van der Waals surface area (Å²) in [7, 11) is 0. The van der Waals surface area contributed by atoms with Crippen LogP contribution in [0.2, 0.25) is 0 Å². The zero-order valence-electron chi connectivity index (χ0n) is 16.1. The molecular weight excluding hydrogens is 415 g/mol. The maximum atomic E-state index is 14.0. The van der Waals surface area contributed by atoms with Gasteiger partial charge in [-0.05, 0) is 32.9 Å². The number of hydrogen-bond acceptors (Lipinski definition) is 2. The summed E-state index contributed by atoms with van der Waals surface area (Å²) in [5.41, 5.74) is 0.876. The highest BCUT2D eigenvalue weighted by Gasteiger charge is 2.42. The highest BCUT2D eigenvalue weighted by atomic mass is 19.4. The molecule has 3 aromatic rings. The maximum Gasteiger partial charge on any atom is 0.422 e. The summed E-state index contributed by atoms with van der Waals surface area (Å²) < 4.78 is 95.4. The first-order valence-corrected chi connectivity index (χ1v) is 8.80. The van der Waals surface area contributed by atoms with E-state index in [1.165, 1.54) is 6.21 Å². The summed E-state index contributed by atoms with van der Waals surface area (Å²) in [6.07, 6.45) is -4.41. The number of nitrogens with one attached hydrogen (secondary N) is 1. The van der Waals surface area contributed by atoms with Crippen LogP contribution in [0.1, 0.15) is 29.3 Å². The molecular formula is C20H16F7N3. The van der Waals surface area contributed by atoms with E-state index in [9.17, 15) is 30.7 Å². The Hall–Kier alpha value is -3.04. The molecule has 1 aromatic heterocycles. The SMILES string of the molecule is CCn1c(C)c(/C=N/Nc2c(F)c(F)c(C(F)(F)F)c(F)c2F)c2cc(C)ccc21. The Labute approximate surface area is 166 Å². The molecule has 0 atom stereocenters. The molecule has 0 spiro atoms. The standard InChI is InChI=1S/C20H16F7N3/c1-4-30-10(3)12(11-7-9(2)5-6-13(11)30)8-28-29-19-17(23)15(21)14(20(25,26)27)16(22)18(19)24/h5-8,29H,4H2,1-3H3/b28-8+. The van der Waals surface area contributed by atoms with Gasteiger partial charge < -0.3 is 4.57 Å². The molecule has 3 nitrogen and oxygen atoms in total. The molecule has 1 N–H and O–H groups in total. The van der Waals surface area contributed by atoms with Gasteiger partial charge in [0, 0.05) is 28.7 Å². The number of halogens is 7. The van der Waals surface area contributed by atoms with Gasteiger partial charge in [-0.25, -0.2) is 17.6 Å². The molecule has 0 saturated heterocycles. The van der Waals surface area contributed by atoms with E-state index in [4.69, 9.17) is 0 Å². The van der Waals surface area contributed by atoms with Crippen LogP contribution in [-0.2, 0) is 12.7 Å². The smallest absolute Gasteiger partial charge is 0.344 e. The third-order valence-electron chi connectivity index (χ3n) is 4.76. The lowest BCUT2D eigenvalue weighted by Crippen LogP contribution is -2.16. The minimum atomic E-state index is -5.60. The second kappa shape index (κ2) is 7.66. The van der Waals surface area contributed by atoms with Crippen molar-refractivity contribution in [3.8, 4) is 0 Å². The van der Waals surface area contributed by atoms with Gasteiger partial charge in [0.1, 0.15) is 11.3 Å². The Morgan fingerprint density at radius 1 is 1.00 bits per heavy atom. The van der Waals surface area contributed by atoms with Crippen molar-refractivity contribution in [3.05, 3.63) is 63.9 Å². The summed E-state index contributed by atoms with van der Waals surface area (Å²) in [6, 6.07) is 5.67. The van der Waals surface area contributed by atoms with Crippen LogP contribution in [0.15, 0.2) is 23.3 Å². The number of hydrogen-bond donors (Lipinski definition) is 1. The molecule has 0 radical (unpaired) electrons. The van der Waals surface area contributed by atoms with Crippen LogP contribution in [0.4, 0.5) is 36.4 Å². The number of aromatic nitrogens is 1. The van der Waals surface area contributed by atoms with E-state index in [1.807, 2.05) is 36.6 Å². The monoisotopic (exact) mass is 431 g/mol. The van der Waals surface area contributed by atoms with Crippen molar-refractivity contribution >= 4 is 22.8 Å². The van der Waals surface area contributed by atoms with Crippen molar-refractivity contribution in [1.82, 2.24) is 4.57 Å². The van der Waals surface area contributed by atoms with Gasteiger partial charge in [0.25, 0.3) is 0 Å². The van der Waals surface area contributed by atoms with Crippen molar-refractivity contribution < 1.29 is 30.7 Å². The van der Waals surface area contributed by atoms with Gasteiger partial charge in [-0.1, -0.05) is 11.6 Å². The average molecular weight is 431 g/mol. The van der Waals surface area contributed by atoms with E-state index in [-0.39, 0.29) is 0 Å². The molecule has 0 saturated carbocycles. The van der Waals surface area contributed by atoms with Crippen LogP contribution >= 0.6 is 0 Å². The Morgan fingerprint density at radius 3 is 2.13 bits per heavy atom. The van der Waals surface area contributed by atoms with Gasteiger partial charge in [-0.2, -0.15) is 18.3 Å². The van der Waals surface area contributed by atoms with E-state index in [1.54, 1.807) is 12.3 Å². The lowest BCUT2D eigenvalue weighted by atomic mass is 10.1. The Morgan fingerprint density at radius 2 is 1.60 bits per heavy atom. The van der Waals surface area contributed by atoms with Crippen molar-refractivity contribution in [1.29, 1.82) is 0 Å². The number of aryl methyl sites for hydroxylation is 2. The van der Waals surface area contributed by atoms with Gasteiger partial charge in [-0.3, -0.25) is 5.43 Å². The van der Waals surface area contributed by atoms with Crippen LogP contribution in [-0.4, -0.2) is 10.8 Å². The fourth-order valence-electron chi connectivity index (χ4n) is 3.33. The molecule has 10 heteroatoms. The number of alkyl halides is 3. The molecule has 0 aliphatic heterocycles. The number of anilines is 1. The predicted octanol–water partition coefficient (Wildman–Crippen LogP) is 6.30. The third-order valence-corrected chi connectivity index (χ3v) is 4.76. The number of rotatable bonds is 4. The Balaban J connectivity index is 2.05. The highest BCUT2D eigenvalue weighted by Crippen LogP contribution is 2.38. The maximum absolute atomic E-state index is 14.0. The molecule has 160 valence electrons. The van der Waals surface area contributed by atoms with Crippen molar-refractivity contribution in [2.24, 2.45) is 5.10 Å². The molecule has 0 aliphatic carbocycles. The lowest BCUT2D eigenvalue weighted by Gasteiger charge is -2.13. The van der Waals surface area contributed by atoms with E-state index >= 15 is 0 Å². The average Bonchev–Trinajstić information content (AvgIpc) is 2.92. The first-order chi connectivity index (χ1) is 14.0. The number of fused-ring (bicyclic) bond motifs is 1. The minimum Gasteiger partial charge on any atom is -0.344 e. The predicted molar refractivity (Wildman–Crippen MR) is 99.6 cm³/mol. The second-order valence-electron chi connectivity index (χ2n) is 6.64. The minimum absolute atomic E-state index is 0.580. The summed E-state index contributed by atoms with van der Waals surface area (Å²) >= 11 is 0. The third kappa shape index (κ3) is 3.50. The molecule has 1 heterocycles. The molecule has 0 unspecified atom stereocenters. The second-order valence-corrected chi connectivity index (χ2v) is 6.64. The van der Waals surface area contributed by atoms with Crippen molar-refractivity contribution in [2.75, 3.05) is 5.43 Å². The Bertz CT molecular complexity index is 1130. The number of hydrazone groups is 1. The van der Waals surface area contributed by atoms with E-state index in [2.05, 4.69) is 5.10 Å². The largest absolute Gasteiger partial charge is 0.422 e. The van der Waals surface area contributed by atoms with Gasteiger partial charge in [-0.15, -0.1) is 0 Å².